The first-order valence-electron chi connectivity index (χ1n) is 10.1. The molecule has 0 bridgehead atoms. The van der Waals surface area contributed by atoms with Crippen molar-refractivity contribution < 1.29 is 26.4 Å². The Morgan fingerprint density at radius 1 is 0.968 bits per heavy atom. The van der Waals surface area contributed by atoms with Crippen molar-refractivity contribution in [2.24, 2.45) is 5.92 Å². The van der Waals surface area contributed by atoms with Gasteiger partial charge < -0.3 is 4.90 Å². The van der Waals surface area contributed by atoms with Crippen LogP contribution in [0.4, 0.5) is 13.2 Å². The number of alkyl halides is 3. The Bertz CT molecular complexity index is 956. The normalized spacial score (nSPS) is 19.7. The topological polar surface area (TPSA) is 66.5 Å². The number of carbonyl (C=O) groups excluding carboxylic acids is 1. The van der Waals surface area contributed by atoms with Crippen LogP contribution in [0.3, 0.4) is 0 Å². The molecule has 0 aromatic heterocycles. The monoisotopic (exact) mass is 454 g/mol. The van der Waals surface area contributed by atoms with E-state index in [1.165, 1.54) is 12.1 Å². The second-order valence-electron chi connectivity index (χ2n) is 7.81. The molecule has 168 valence electrons. The van der Waals surface area contributed by atoms with Crippen molar-refractivity contribution in [2.45, 2.75) is 49.3 Å². The summed E-state index contributed by atoms with van der Waals surface area (Å²) in [6.07, 6.45) is -0.684. The van der Waals surface area contributed by atoms with Gasteiger partial charge in [-0.3, -0.25) is 4.79 Å². The predicted octanol–water partition coefficient (Wildman–Crippen LogP) is 4.20. The van der Waals surface area contributed by atoms with Crippen LogP contribution >= 0.6 is 0 Å². The molecule has 1 fully saturated rings. The summed E-state index contributed by atoms with van der Waals surface area (Å²) in [4.78, 5) is 13.4. The minimum absolute atomic E-state index is 0.0122. The molecule has 5 nitrogen and oxygen atoms in total. The van der Waals surface area contributed by atoms with Crippen LogP contribution in [0.2, 0.25) is 0 Å². The summed E-state index contributed by atoms with van der Waals surface area (Å²) in [5, 5.41) is 0. The van der Waals surface area contributed by atoms with Crippen LogP contribution in [-0.2, 0) is 27.5 Å². The summed E-state index contributed by atoms with van der Waals surface area (Å²) in [5.74, 6) is 0.175. The molecule has 31 heavy (non-hydrogen) atoms. The van der Waals surface area contributed by atoms with E-state index in [0.29, 0.717) is 12.1 Å². The van der Waals surface area contributed by atoms with Crippen molar-refractivity contribution >= 4 is 16.4 Å². The Labute approximate surface area is 180 Å². The fourth-order valence-electron chi connectivity index (χ4n) is 3.85. The maximum Gasteiger partial charge on any atom is 0.416 e. The number of nitrogens with one attached hydrogen (secondary N) is 1. The van der Waals surface area contributed by atoms with Crippen molar-refractivity contribution in [3.8, 4) is 0 Å². The van der Waals surface area contributed by atoms with Gasteiger partial charge in [-0.2, -0.15) is 13.2 Å². The first-order valence-corrected chi connectivity index (χ1v) is 11.6. The number of halogens is 3. The van der Waals surface area contributed by atoms with Crippen LogP contribution in [0.1, 0.15) is 36.8 Å². The zero-order chi connectivity index (χ0) is 22.5. The largest absolute Gasteiger partial charge is 0.416 e. The van der Waals surface area contributed by atoms with Crippen LogP contribution in [0.5, 0.6) is 0 Å². The molecule has 0 radical (unpaired) electrons. The highest BCUT2D eigenvalue weighted by Gasteiger charge is 2.30. The molecule has 0 heterocycles. The van der Waals surface area contributed by atoms with E-state index in [4.69, 9.17) is 0 Å². The summed E-state index contributed by atoms with van der Waals surface area (Å²) in [5.41, 5.74) is -0.0785. The first kappa shape index (κ1) is 23.3. The second kappa shape index (κ2) is 9.82. The molecule has 2 aromatic carbocycles. The van der Waals surface area contributed by atoms with Crippen molar-refractivity contribution in [1.29, 1.82) is 0 Å². The zero-order valence-corrected chi connectivity index (χ0v) is 17.7. The van der Waals surface area contributed by atoms with Crippen molar-refractivity contribution in [3.05, 3.63) is 65.7 Å². The van der Waals surface area contributed by atoms with E-state index in [9.17, 15) is 26.4 Å². The van der Waals surface area contributed by atoms with Crippen molar-refractivity contribution in [3.63, 3.8) is 0 Å². The highest BCUT2D eigenvalue weighted by Crippen LogP contribution is 2.30. The Hall–Kier alpha value is -2.39. The highest BCUT2D eigenvalue weighted by molar-refractivity contribution is 7.89. The summed E-state index contributed by atoms with van der Waals surface area (Å²) in [6.45, 7) is 0.585. The smallest absolute Gasteiger partial charge is 0.338 e. The number of nitrogens with zero attached hydrogens (tertiary/aromatic N) is 1. The average Bonchev–Trinajstić information content (AvgIpc) is 2.77. The molecule has 9 heteroatoms. The van der Waals surface area contributed by atoms with Crippen LogP contribution in [-0.4, -0.2) is 32.3 Å². The van der Waals surface area contributed by atoms with E-state index in [1.807, 2.05) is 0 Å². The number of benzene rings is 2. The molecule has 1 aliphatic carbocycles. The van der Waals surface area contributed by atoms with Crippen molar-refractivity contribution in [1.82, 2.24) is 9.62 Å². The maximum absolute atomic E-state index is 12.7. The number of carbonyl (C=O) groups is 1. The number of hydrogen-bond donors (Lipinski definition) is 1. The van der Waals surface area contributed by atoms with Gasteiger partial charge in [-0.05, 0) is 61.4 Å². The SMILES string of the molecule is O=CN(Cc1ccc(C(F)(F)F)cc1)C1CCC(CNS(=O)(=O)c2ccccc2)CC1. The molecule has 1 saturated carbocycles. The van der Waals surface area contributed by atoms with Gasteiger partial charge >= 0.3 is 6.18 Å². The number of sulfonamides is 1. The lowest BCUT2D eigenvalue weighted by Crippen LogP contribution is -2.39. The van der Waals surface area contributed by atoms with Gasteiger partial charge in [0.05, 0.1) is 10.5 Å². The molecule has 0 spiro atoms. The van der Waals surface area contributed by atoms with Gasteiger partial charge in [0, 0.05) is 19.1 Å². The van der Waals surface area contributed by atoms with Crippen molar-refractivity contribution in [2.75, 3.05) is 6.54 Å². The second-order valence-corrected chi connectivity index (χ2v) is 9.58. The first-order chi connectivity index (χ1) is 14.7. The lowest BCUT2D eigenvalue weighted by atomic mass is 9.85. The predicted molar refractivity (Wildman–Crippen MR) is 110 cm³/mol. The van der Waals surface area contributed by atoms with Gasteiger partial charge in [-0.1, -0.05) is 30.3 Å². The third-order valence-corrected chi connectivity index (χ3v) is 7.12. The summed E-state index contributed by atoms with van der Waals surface area (Å²) in [6, 6.07) is 13.0. The van der Waals surface area contributed by atoms with Gasteiger partial charge in [0.25, 0.3) is 0 Å². The minimum atomic E-state index is -4.39. The summed E-state index contributed by atoms with van der Waals surface area (Å²) in [7, 11) is -3.55. The van der Waals surface area contributed by atoms with E-state index >= 15 is 0 Å². The lowest BCUT2D eigenvalue weighted by molar-refractivity contribution is -0.137. The Kier molecular flexibility index (Phi) is 7.38. The van der Waals surface area contributed by atoms with Gasteiger partial charge in [-0.25, -0.2) is 13.1 Å². The Balaban J connectivity index is 1.50. The quantitative estimate of drug-likeness (QED) is 0.608. The molecule has 0 atom stereocenters. The zero-order valence-electron chi connectivity index (χ0n) is 16.9. The minimum Gasteiger partial charge on any atom is -0.338 e. The number of rotatable bonds is 8. The van der Waals surface area contributed by atoms with Crippen LogP contribution < -0.4 is 4.72 Å². The summed E-state index contributed by atoms with van der Waals surface area (Å²) < 4.78 is 65.4. The summed E-state index contributed by atoms with van der Waals surface area (Å²) >= 11 is 0. The van der Waals surface area contributed by atoms with E-state index in [1.54, 1.807) is 35.2 Å². The molecule has 3 rings (SSSR count). The molecule has 1 aliphatic rings. The molecule has 1 amide bonds. The molecule has 1 N–H and O–H groups in total. The number of hydrogen-bond acceptors (Lipinski definition) is 3. The van der Waals surface area contributed by atoms with Gasteiger partial charge in [0.15, 0.2) is 0 Å². The van der Waals surface area contributed by atoms with E-state index in [2.05, 4.69) is 4.72 Å². The van der Waals surface area contributed by atoms with Crippen LogP contribution in [0, 0.1) is 5.92 Å². The lowest BCUT2D eigenvalue weighted by Gasteiger charge is -2.35. The molecule has 0 aliphatic heterocycles. The standard InChI is InChI=1S/C22H25F3N2O3S/c23-22(24,25)19-10-6-18(7-11-19)15-27(16-28)20-12-8-17(9-13-20)14-26-31(29,30)21-4-2-1-3-5-21/h1-7,10-11,16-17,20,26H,8-9,12-15H2. The van der Waals surface area contributed by atoms with Gasteiger partial charge in [-0.15, -0.1) is 0 Å². The fourth-order valence-corrected chi connectivity index (χ4v) is 4.99. The molecule has 0 unspecified atom stereocenters. The van der Waals surface area contributed by atoms with E-state index < -0.39 is 21.8 Å². The molecule has 0 saturated heterocycles. The third kappa shape index (κ3) is 6.30. The van der Waals surface area contributed by atoms with Crippen LogP contribution in [0.15, 0.2) is 59.5 Å². The van der Waals surface area contributed by atoms with E-state index in [-0.39, 0.29) is 23.4 Å². The third-order valence-electron chi connectivity index (χ3n) is 5.68. The van der Waals surface area contributed by atoms with Gasteiger partial charge in [0.2, 0.25) is 16.4 Å². The Morgan fingerprint density at radius 2 is 1.58 bits per heavy atom. The highest BCUT2D eigenvalue weighted by atomic mass is 32.2. The maximum atomic E-state index is 12.7. The molecular weight excluding hydrogens is 429 g/mol. The molecular formula is C22H25F3N2O3S. The Morgan fingerprint density at radius 3 is 2.13 bits per heavy atom. The number of amides is 1. The van der Waals surface area contributed by atoms with Crippen LogP contribution in [0.25, 0.3) is 0 Å². The molecule has 2 aromatic rings. The average molecular weight is 455 g/mol. The van der Waals surface area contributed by atoms with E-state index in [0.717, 1.165) is 44.2 Å². The fraction of sp³-hybridized carbons (Fsp3) is 0.409. The van der Waals surface area contributed by atoms with Gasteiger partial charge in [0.1, 0.15) is 0 Å².